The van der Waals surface area contributed by atoms with E-state index >= 15 is 0 Å². The zero-order valence-electron chi connectivity index (χ0n) is 23.6. The zero-order chi connectivity index (χ0) is 29.2. The van der Waals surface area contributed by atoms with Gasteiger partial charge in [-0.3, -0.25) is 19.2 Å². The number of anilines is 2. The summed E-state index contributed by atoms with van der Waals surface area (Å²) in [6.07, 6.45) is 5.55. The van der Waals surface area contributed by atoms with E-state index in [4.69, 9.17) is 11.5 Å². The van der Waals surface area contributed by atoms with Crippen LogP contribution < -0.4 is 22.1 Å². The van der Waals surface area contributed by atoms with Gasteiger partial charge in [-0.15, -0.1) is 0 Å². The van der Waals surface area contributed by atoms with Gasteiger partial charge in [-0.25, -0.2) is 0 Å². The van der Waals surface area contributed by atoms with Gasteiger partial charge in [-0.1, -0.05) is 30.7 Å². The molecule has 220 valence electrons. The third-order valence-electron chi connectivity index (χ3n) is 7.75. The fourth-order valence-corrected chi connectivity index (χ4v) is 5.43. The van der Waals surface area contributed by atoms with Gasteiger partial charge in [0, 0.05) is 50.4 Å². The van der Waals surface area contributed by atoms with Crippen molar-refractivity contribution >= 4 is 35.0 Å². The second-order valence-electron chi connectivity index (χ2n) is 11.1. The van der Waals surface area contributed by atoms with Crippen molar-refractivity contribution in [3.63, 3.8) is 0 Å². The maximum absolute atomic E-state index is 12.9. The van der Waals surface area contributed by atoms with E-state index in [-0.39, 0.29) is 23.6 Å². The van der Waals surface area contributed by atoms with Crippen molar-refractivity contribution in [1.29, 1.82) is 0 Å². The standard InChI is InChI=1S/C31H42N6O4/c32-24-14-10-22(11-15-24)20-36-18-4-6-26(30(36)40)34-28(38)8-2-1-3-9-29(39)35-27-7-5-19-37(31(27)41)21-23-12-16-25(33)17-13-23/h10-17,26-27H,1-9,18-21,32-33H2,(H,34,38)(H,35,39). The molecule has 0 aliphatic carbocycles. The summed E-state index contributed by atoms with van der Waals surface area (Å²) in [5, 5.41) is 5.80. The molecule has 0 bridgehead atoms. The lowest BCUT2D eigenvalue weighted by atomic mass is 10.0. The van der Waals surface area contributed by atoms with E-state index in [9.17, 15) is 19.2 Å². The Kier molecular flexibility index (Phi) is 10.6. The number of nitrogens with two attached hydrogens (primary N) is 2. The number of carbonyl (C=O) groups is 4. The fraction of sp³-hybridized carbons (Fsp3) is 0.484. The number of unbranched alkanes of at least 4 members (excludes halogenated alkanes) is 2. The van der Waals surface area contributed by atoms with Crippen molar-refractivity contribution in [1.82, 2.24) is 20.4 Å². The summed E-state index contributed by atoms with van der Waals surface area (Å²) < 4.78 is 0. The highest BCUT2D eigenvalue weighted by Gasteiger charge is 2.31. The van der Waals surface area contributed by atoms with Crippen molar-refractivity contribution in [2.45, 2.75) is 83.0 Å². The predicted molar refractivity (Wildman–Crippen MR) is 158 cm³/mol. The minimum Gasteiger partial charge on any atom is -0.399 e. The van der Waals surface area contributed by atoms with Gasteiger partial charge < -0.3 is 31.9 Å². The molecule has 4 rings (SSSR count). The van der Waals surface area contributed by atoms with Crippen LogP contribution in [0, 0.1) is 0 Å². The Labute approximate surface area is 241 Å². The Morgan fingerprint density at radius 3 is 1.44 bits per heavy atom. The topological polar surface area (TPSA) is 151 Å². The second kappa shape index (κ2) is 14.5. The van der Waals surface area contributed by atoms with Crippen LogP contribution in [0.5, 0.6) is 0 Å². The van der Waals surface area contributed by atoms with Crippen LogP contribution in [0.1, 0.15) is 68.9 Å². The number of piperidine rings is 2. The van der Waals surface area contributed by atoms with Crippen molar-refractivity contribution in [3.8, 4) is 0 Å². The molecule has 0 aromatic heterocycles. The molecule has 2 fully saturated rings. The van der Waals surface area contributed by atoms with Crippen molar-refractivity contribution in [2.75, 3.05) is 24.6 Å². The average Bonchev–Trinajstić information content (AvgIpc) is 2.95. The molecule has 2 atom stereocenters. The molecule has 10 heteroatoms. The number of rotatable bonds is 12. The predicted octanol–water partition coefficient (Wildman–Crippen LogP) is 2.72. The van der Waals surface area contributed by atoms with E-state index in [1.807, 2.05) is 48.5 Å². The summed E-state index contributed by atoms with van der Waals surface area (Å²) in [6.45, 7) is 2.34. The van der Waals surface area contributed by atoms with Crippen molar-refractivity contribution < 1.29 is 19.2 Å². The van der Waals surface area contributed by atoms with Crippen LogP contribution >= 0.6 is 0 Å². The maximum Gasteiger partial charge on any atom is 0.245 e. The molecule has 10 nitrogen and oxygen atoms in total. The molecular formula is C31H42N6O4. The molecule has 6 N–H and O–H groups in total. The Morgan fingerprint density at radius 2 is 1.05 bits per heavy atom. The SMILES string of the molecule is Nc1ccc(CN2CCCC(NC(=O)CCCCCC(=O)NC3CCCN(Cc4ccc(N)cc4)C3=O)C2=O)cc1. The number of benzene rings is 2. The van der Waals surface area contributed by atoms with Gasteiger partial charge in [0.15, 0.2) is 0 Å². The summed E-state index contributed by atoms with van der Waals surface area (Å²) in [4.78, 5) is 54.4. The molecule has 2 aromatic rings. The third kappa shape index (κ3) is 8.96. The van der Waals surface area contributed by atoms with Gasteiger partial charge in [-0.05, 0) is 73.9 Å². The Bertz CT molecular complexity index is 1110. The maximum atomic E-state index is 12.9. The first-order valence-electron chi connectivity index (χ1n) is 14.6. The van der Waals surface area contributed by atoms with Crippen molar-refractivity contribution in [3.05, 3.63) is 59.7 Å². The van der Waals surface area contributed by atoms with E-state index in [0.717, 1.165) is 24.0 Å². The van der Waals surface area contributed by atoms with Gasteiger partial charge in [0.1, 0.15) is 12.1 Å². The summed E-state index contributed by atoms with van der Waals surface area (Å²) in [5.41, 5.74) is 14.9. The first kappa shape index (κ1) is 29.9. The molecule has 2 saturated heterocycles. The number of hydrogen-bond acceptors (Lipinski definition) is 6. The second-order valence-corrected chi connectivity index (χ2v) is 11.1. The number of nitrogens with one attached hydrogen (secondary N) is 2. The largest absolute Gasteiger partial charge is 0.399 e. The Morgan fingerprint density at radius 1 is 0.659 bits per heavy atom. The quantitative estimate of drug-likeness (QED) is 0.231. The smallest absolute Gasteiger partial charge is 0.245 e. The highest BCUT2D eigenvalue weighted by atomic mass is 16.2. The Hall–Kier alpha value is -4.08. The minimum absolute atomic E-state index is 0.0533. The summed E-state index contributed by atoms with van der Waals surface area (Å²) in [5.74, 6) is -0.392. The summed E-state index contributed by atoms with van der Waals surface area (Å²) in [7, 11) is 0. The molecule has 41 heavy (non-hydrogen) atoms. The van der Waals surface area contributed by atoms with Gasteiger partial charge >= 0.3 is 0 Å². The summed E-state index contributed by atoms with van der Waals surface area (Å²) in [6, 6.07) is 13.9. The first-order chi connectivity index (χ1) is 19.8. The van der Waals surface area contributed by atoms with E-state index in [1.54, 1.807) is 9.80 Å². The zero-order valence-corrected chi connectivity index (χ0v) is 23.6. The van der Waals surface area contributed by atoms with Crippen LogP contribution in [-0.4, -0.2) is 58.6 Å². The van der Waals surface area contributed by atoms with Crippen LogP contribution in [0.3, 0.4) is 0 Å². The number of hydrogen-bond donors (Lipinski definition) is 4. The molecule has 0 saturated carbocycles. The number of nitrogens with zero attached hydrogens (tertiary/aromatic N) is 2. The summed E-state index contributed by atoms with van der Waals surface area (Å²) >= 11 is 0. The molecule has 2 unspecified atom stereocenters. The first-order valence-corrected chi connectivity index (χ1v) is 14.6. The molecular weight excluding hydrogens is 520 g/mol. The van der Waals surface area contributed by atoms with Gasteiger partial charge in [-0.2, -0.15) is 0 Å². The molecule has 2 aliphatic rings. The average molecular weight is 563 g/mol. The Balaban J connectivity index is 1.11. The van der Waals surface area contributed by atoms with E-state index in [0.29, 0.717) is 82.5 Å². The normalized spacial score (nSPS) is 19.2. The fourth-order valence-electron chi connectivity index (χ4n) is 5.43. The molecule has 2 heterocycles. The molecule has 0 spiro atoms. The lowest BCUT2D eigenvalue weighted by molar-refractivity contribution is -0.139. The van der Waals surface area contributed by atoms with E-state index < -0.39 is 12.1 Å². The molecule has 4 amide bonds. The number of nitrogen functional groups attached to an aromatic ring is 2. The van der Waals surface area contributed by atoms with Crippen LogP contribution in [0.4, 0.5) is 11.4 Å². The molecule has 2 aromatic carbocycles. The van der Waals surface area contributed by atoms with Crippen LogP contribution in [0.15, 0.2) is 48.5 Å². The van der Waals surface area contributed by atoms with Gasteiger partial charge in [0.2, 0.25) is 23.6 Å². The highest BCUT2D eigenvalue weighted by molar-refractivity contribution is 5.89. The third-order valence-corrected chi connectivity index (χ3v) is 7.75. The number of carbonyl (C=O) groups excluding carboxylic acids is 4. The van der Waals surface area contributed by atoms with Gasteiger partial charge in [0.05, 0.1) is 0 Å². The van der Waals surface area contributed by atoms with E-state index in [2.05, 4.69) is 10.6 Å². The van der Waals surface area contributed by atoms with Crippen LogP contribution in [0.2, 0.25) is 0 Å². The van der Waals surface area contributed by atoms with Crippen LogP contribution in [-0.2, 0) is 32.3 Å². The number of likely N-dealkylation sites (tertiary alicyclic amines) is 2. The van der Waals surface area contributed by atoms with Crippen molar-refractivity contribution in [2.24, 2.45) is 0 Å². The number of amides is 4. The molecule has 0 radical (unpaired) electrons. The monoisotopic (exact) mass is 562 g/mol. The minimum atomic E-state index is -0.497. The van der Waals surface area contributed by atoms with Gasteiger partial charge in [0.25, 0.3) is 0 Å². The lowest BCUT2D eigenvalue weighted by Crippen LogP contribution is -2.51. The van der Waals surface area contributed by atoms with E-state index in [1.165, 1.54) is 0 Å². The lowest BCUT2D eigenvalue weighted by Gasteiger charge is -2.33. The molecule has 2 aliphatic heterocycles. The van der Waals surface area contributed by atoms with Crippen LogP contribution in [0.25, 0.3) is 0 Å². The highest BCUT2D eigenvalue weighted by Crippen LogP contribution is 2.18.